The highest BCUT2D eigenvalue weighted by Gasteiger charge is 2.20. The standard InChI is InChI=1S/C14H17N3O4S/c1-10-3-5-12(6-4-10)22(19,20)17-8-11(16-9-17)7-13(15)14(18)21-2/h3-6,8-9,13H,7,15H2,1-2H3/t13-/m0/s1. The van der Waals surface area contributed by atoms with E-state index in [0.717, 1.165) is 9.54 Å². The van der Waals surface area contributed by atoms with E-state index in [1.807, 2.05) is 6.92 Å². The van der Waals surface area contributed by atoms with Crippen LogP contribution >= 0.6 is 0 Å². The van der Waals surface area contributed by atoms with E-state index in [0.29, 0.717) is 5.69 Å². The van der Waals surface area contributed by atoms with Gasteiger partial charge in [0.15, 0.2) is 0 Å². The van der Waals surface area contributed by atoms with Crippen molar-refractivity contribution in [1.82, 2.24) is 8.96 Å². The molecular formula is C14H17N3O4S. The molecule has 0 unspecified atom stereocenters. The fourth-order valence-corrected chi connectivity index (χ4v) is 3.03. The van der Waals surface area contributed by atoms with Crippen LogP contribution in [0.25, 0.3) is 0 Å². The van der Waals surface area contributed by atoms with Crippen LogP contribution in [0.2, 0.25) is 0 Å². The van der Waals surface area contributed by atoms with Gasteiger partial charge in [-0.15, -0.1) is 0 Å². The van der Waals surface area contributed by atoms with E-state index >= 15 is 0 Å². The molecule has 0 spiro atoms. The van der Waals surface area contributed by atoms with Gasteiger partial charge in [0.1, 0.15) is 12.4 Å². The number of benzene rings is 1. The Morgan fingerprint density at radius 1 is 1.36 bits per heavy atom. The number of rotatable bonds is 5. The minimum absolute atomic E-state index is 0.100. The third kappa shape index (κ3) is 3.34. The van der Waals surface area contributed by atoms with Gasteiger partial charge in [0.25, 0.3) is 10.0 Å². The molecule has 22 heavy (non-hydrogen) atoms. The number of ether oxygens (including phenoxy) is 1. The Hall–Kier alpha value is -2.19. The van der Waals surface area contributed by atoms with E-state index in [4.69, 9.17) is 5.73 Å². The number of hydrogen-bond donors (Lipinski definition) is 1. The largest absolute Gasteiger partial charge is 0.468 e. The maximum absolute atomic E-state index is 12.4. The average Bonchev–Trinajstić information content (AvgIpc) is 2.96. The lowest BCUT2D eigenvalue weighted by Gasteiger charge is -2.07. The Morgan fingerprint density at radius 3 is 2.59 bits per heavy atom. The molecule has 1 aromatic carbocycles. The maximum Gasteiger partial charge on any atom is 0.323 e. The molecule has 1 heterocycles. The number of carbonyl (C=O) groups excluding carboxylic acids is 1. The van der Waals surface area contributed by atoms with Crippen molar-refractivity contribution in [3.63, 3.8) is 0 Å². The number of hydrogen-bond acceptors (Lipinski definition) is 6. The van der Waals surface area contributed by atoms with Crippen LogP contribution in [0.3, 0.4) is 0 Å². The zero-order chi connectivity index (χ0) is 16.3. The van der Waals surface area contributed by atoms with Crippen molar-refractivity contribution in [3.05, 3.63) is 48.0 Å². The first kappa shape index (κ1) is 16.2. The smallest absolute Gasteiger partial charge is 0.323 e. The zero-order valence-corrected chi connectivity index (χ0v) is 13.1. The molecule has 0 fully saturated rings. The average molecular weight is 323 g/mol. The highest BCUT2D eigenvalue weighted by molar-refractivity contribution is 7.90. The molecular weight excluding hydrogens is 306 g/mol. The monoisotopic (exact) mass is 323 g/mol. The van der Waals surface area contributed by atoms with Crippen molar-refractivity contribution in [1.29, 1.82) is 0 Å². The molecule has 0 bridgehead atoms. The predicted molar refractivity (Wildman–Crippen MR) is 79.7 cm³/mol. The Bertz CT molecular complexity index is 766. The molecule has 0 aliphatic heterocycles. The predicted octanol–water partition coefficient (Wildman–Crippen LogP) is 0.471. The quantitative estimate of drug-likeness (QED) is 0.802. The lowest BCUT2D eigenvalue weighted by Crippen LogP contribution is -2.33. The second kappa shape index (κ2) is 6.29. The van der Waals surface area contributed by atoms with Gasteiger partial charge in [0.05, 0.1) is 17.7 Å². The number of aromatic nitrogens is 2. The van der Waals surface area contributed by atoms with E-state index in [1.165, 1.54) is 31.8 Å². The number of carbonyl (C=O) groups is 1. The number of methoxy groups -OCH3 is 1. The van der Waals surface area contributed by atoms with Gasteiger partial charge in [-0.1, -0.05) is 17.7 Å². The summed E-state index contributed by atoms with van der Waals surface area (Å²) >= 11 is 0. The van der Waals surface area contributed by atoms with E-state index in [2.05, 4.69) is 9.72 Å². The number of nitrogens with two attached hydrogens (primary N) is 1. The molecule has 2 N–H and O–H groups in total. The van der Waals surface area contributed by atoms with Gasteiger partial charge in [-0.2, -0.15) is 0 Å². The number of nitrogens with zero attached hydrogens (tertiary/aromatic N) is 2. The lowest BCUT2D eigenvalue weighted by molar-refractivity contribution is -0.142. The summed E-state index contributed by atoms with van der Waals surface area (Å²) in [6.45, 7) is 1.87. The second-order valence-corrected chi connectivity index (χ2v) is 6.69. The first-order valence-corrected chi connectivity index (χ1v) is 7.97. The van der Waals surface area contributed by atoms with Crippen LogP contribution in [0.1, 0.15) is 11.3 Å². The van der Waals surface area contributed by atoms with Gasteiger partial charge >= 0.3 is 5.97 Å². The summed E-state index contributed by atoms with van der Waals surface area (Å²) in [5.41, 5.74) is 7.00. The molecule has 0 saturated carbocycles. The van der Waals surface area contributed by atoms with Crippen molar-refractivity contribution >= 4 is 16.0 Å². The van der Waals surface area contributed by atoms with E-state index in [-0.39, 0.29) is 11.3 Å². The van der Waals surface area contributed by atoms with Gasteiger partial charge in [-0.3, -0.25) is 4.79 Å². The molecule has 1 atom stereocenters. The van der Waals surface area contributed by atoms with E-state index in [9.17, 15) is 13.2 Å². The van der Waals surface area contributed by atoms with Crippen LogP contribution in [0.15, 0.2) is 41.7 Å². The van der Waals surface area contributed by atoms with Crippen molar-refractivity contribution in [2.45, 2.75) is 24.3 Å². The van der Waals surface area contributed by atoms with E-state index < -0.39 is 22.0 Å². The van der Waals surface area contributed by atoms with Crippen molar-refractivity contribution in [3.8, 4) is 0 Å². The minimum Gasteiger partial charge on any atom is -0.468 e. The van der Waals surface area contributed by atoms with Crippen molar-refractivity contribution in [2.75, 3.05) is 7.11 Å². The Morgan fingerprint density at radius 2 is 2.00 bits per heavy atom. The summed E-state index contributed by atoms with van der Waals surface area (Å²) in [4.78, 5) is 15.4. The third-order valence-electron chi connectivity index (χ3n) is 3.14. The van der Waals surface area contributed by atoms with Gasteiger partial charge < -0.3 is 10.5 Å². The molecule has 2 rings (SSSR count). The normalized spacial score (nSPS) is 12.9. The van der Waals surface area contributed by atoms with Crippen LogP contribution < -0.4 is 5.73 Å². The maximum atomic E-state index is 12.4. The summed E-state index contributed by atoms with van der Waals surface area (Å²) in [5, 5.41) is 0. The van der Waals surface area contributed by atoms with Crippen molar-refractivity contribution < 1.29 is 17.9 Å². The number of imidazole rings is 1. The Labute approximate surface area is 128 Å². The highest BCUT2D eigenvalue weighted by Crippen LogP contribution is 2.15. The number of aryl methyl sites for hydroxylation is 1. The Balaban J connectivity index is 2.23. The topological polar surface area (TPSA) is 104 Å². The zero-order valence-electron chi connectivity index (χ0n) is 12.3. The molecule has 0 amide bonds. The van der Waals surface area contributed by atoms with Crippen LogP contribution in [-0.2, 0) is 26.0 Å². The summed E-state index contributed by atoms with van der Waals surface area (Å²) < 4.78 is 30.4. The van der Waals surface area contributed by atoms with Crippen LogP contribution in [-0.4, -0.2) is 36.5 Å². The van der Waals surface area contributed by atoms with E-state index in [1.54, 1.807) is 12.1 Å². The van der Waals surface area contributed by atoms with Crippen LogP contribution in [0.4, 0.5) is 0 Å². The van der Waals surface area contributed by atoms with Crippen molar-refractivity contribution in [2.24, 2.45) is 5.73 Å². The third-order valence-corrected chi connectivity index (χ3v) is 4.77. The molecule has 118 valence electrons. The van der Waals surface area contributed by atoms with Crippen LogP contribution in [0.5, 0.6) is 0 Å². The molecule has 0 aliphatic carbocycles. The molecule has 2 aromatic rings. The lowest BCUT2D eigenvalue weighted by atomic mass is 10.2. The van der Waals surface area contributed by atoms with Gasteiger partial charge in [0, 0.05) is 12.6 Å². The molecule has 7 nitrogen and oxygen atoms in total. The molecule has 0 radical (unpaired) electrons. The fraction of sp³-hybridized carbons (Fsp3) is 0.286. The summed E-state index contributed by atoms with van der Waals surface area (Å²) in [6.07, 6.45) is 2.63. The summed E-state index contributed by atoms with van der Waals surface area (Å²) in [7, 11) is -2.46. The number of esters is 1. The van der Waals surface area contributed by atoms with Gasteiger partial charge in [-0.05, 0) is 19.1 Å². The molecule has 0 saturated heterocycles. The minimum atomic E-state index is -3.70. The summed E-state index contributed by atoms with van der Waals surface area (Å²) in [5.74, 6) is -0.573. The van der Waals surface area contributed by atoms with Crippen LogP contribution in [0, 0.1) is 6.92 Å². The highest BCUT2D eigenvalue weighted by atomic mass is 32.2. The van der Waals surface area contributed by atoms with Gasteiger partial charge in [-0.25, -0.2) is 17.4 Å². The first-order valence-electron chi connectivity index (χ1n) is 6.53. The Kier molecular flexibility index (Phi) is 4.62. The molecule has 0 aliphatic rings. The second-order valence-electron chi connectivity index (χ2n) is 4.85. The summed E-state index contributed by atoms with van der Waals surface area (Å²) in [6, 6.07) is 5.63. The molecule has 1 aromatic heterocycles. The first-order chi connectivity index (χ1) is 10.3. The SMILES string of the molecule is COC(=O)[C@@H](N)Cc1cn(S(=O)(=O)c2ccc(C)cc2)cn1. The van der Waals surface area contributed by atoms with Gasteiger partial charge in [0.2, 0.25) is 0 Å². The molecule has 8 heteroatoms. The fourth-order valence-electron chi connectivity index (χ4n) is 1.87.